The Morgan fingerprint density at radius 3 is 1.97 bits per heavy atom. The van der Waals surface area contributed by atoms with Crippen molar-refractivity contribution in [2.24, 2.45) is 0 Å². The first-order valence-corrected chi connectivity index (χ1v) is 11.9. The van der Waals surface area contributed by atoms with Gasteiger partial charge in [-0.3, -0.25) is 9.88 Å². The second-order valence-electron chi connectivity index (χ2n) is 9.10. The molecule has 1 aromatic heterocycles. The molecule has 2 aromatic carbocycles. The molecule has 32 heavy (non-hydrogen) atoms. The largest absolute Gasteiger partial charge is 0.286 e. The zero-order valence-electron chi connectivity index (χ0n) is 18.0. The average Bonchev–Trinajstić information content (AvgIpc) is 3.06. The number of aryl methyl sites for hydroxylation is 1. The molecule has 0 aliphatic carbocycles. The number of fused-ring (bicyclic) bond motifs is 2. The molecule has 0 radical (unpaired) electrons. The summed E-state index contributed by atoms with van der Waals surface area (Å²) in [6, 6.07) is 23.3. The van der Waals surface area contributed by atoms with Crippen LogP contribution in [0, 0.1) is 18.3 Å². The van der Waals surface area contributed by atoms with Gasteiger partial charge < -0.3 is 0 Å². The van der Waals surface area contributed by atoms with E-state index in [9.17, 15) is 5.26 Å². The van der Waals surface area contributed by atoms with Crippen molar-refractivity contribution >= 4 is 23.2 Å². The molecule has 5 heteroatoms. The van der Waals surface area contributed by atoms with Crippen LogP contribution >= 0.6 is 23.2 Å². The van der Waals surface area contributed by atoms with Crippen molar-refractivity contribution in [1.29, 1.82) is 5.26 Å². The van der Waals surface area contributed by atoms with Gasteiger partial charge >= 0.3 is 0 Å². The molecule has 2 bridgehead atoms. The van der Waals surface area contributed by atoms with Gasteiger partial charge in [-0.05, 0) is 67.5 Å². The van der Waals surface area contributed by atoms with Crippen molar-refractivity contribution < 1.29 is 0 Å². The molecule has 2 aliphatic heterocycles. The van der Waals surface area contributed by atoms with Gasteiger partial charge in [0.1, 0.15) is 5.41 Å². The van der Waals surface area contributed by atoms with Crippen LogP contribution in [0.2, 0.25) is 10.0 Å². The summed E-state index contributed by atoms with van der Waals surface area (Å²) >= 11 is 13.4. The monoisotopic (exact) mass is 461 g/mol. The fourth-order valence-corrected chi connectivity index (χ4v) is 6.17. The highest BCUT2D eigenvalue weighted by Gasteiger charge is 2.52. The molecular formula is C27H25Cl2N3. The number of rotatable bonds is 4. The van der Waals surface area contributed by atoms with Crippen LogP contribution in [0.15, 0.2) is 66.9 Å². The third-order valence-corrected chi connectivity index (χ3v) is 7.85. The highest BCUT2D eigenvalue weighted by Crippen LogP contribution is 2.52. The highest BCUT2D eigenvalue weighted by atomic mass is 35.5. The number of nitrogens with zero attached hydrogens (tertiary/aromatic N) is 3. The van der Waals surface area contributed by atoms with E-state index in [4.69, 9.17) is 23.2 Å². The summed E-state index contributed by atoms with van der Waals surface area (Å²) in [5.41, 5.74) is 3.59. The number of nitriles is 1. The Labute approximate surface area is 199 Å². The van der Waals surface area contributed by atoms with Crippen LogP contribution in [0.1, 0.15) is 54.1 Å². The molecule has 5 rings (SSSR count). The van der Waals surface area contributed by atoms with Crippen molar-refractivity contribution in [3.05, 3.63) is 99.3 Å². The Kier molecular flexibility index (Phi) is 5.72. The number of pyridine rings is 1. The lowest BCUT2D eigenvalue weighted by atomic mass is 9.72. The van der Waals surface area contributed by atoms with E-state index in [1.54, 1.807) is 0 Å². The minimum atomic E-state index is -0.554. The Hall–Kier alpha value is -2.38. The van der Waals surface area contributed by atoms with Crippen molar-refractivity contribution in [1.82, 2.24) is 9.88 Å². The summed E-state index contributed by atoms with van der Waals surface area (Å²) in [6.07, 6.45) is 5.53. The Morgan fingerprint density at radius 1 is 0.938 bits per heavy atom. The normalized spacial score (nSPS) is 25.1. The number of hydrogen-bond acceptors (Lipinski definition) is 3. The number of aromatic nitrogens is 1. The van der Waals surface area contributed by atoms with Crippen molar-refractivity contribution in [2.75, 3.05) is 0 Å². The van der Waals surface area contributed by atoms with Gasteiger partial charge in [-0.15, -0.1) is 0 Å². The standard InChI is InChI=1S/C27H25Cl2N3/c1-18-10-13-25(31-16-18)27(17-30)14-19-11-12-20(15-27)32(19)26(21-6-2-4-8-23(21)28)22-7-3-5-9-24(22)29/h2-10,13,16,19-20,26H,11-12,14-15H2,1H3. The Bertz CT molecular complexity index is 1110. The number of hydrogen-bond donors (Lipinski definition) is 0. The zero-order chi connectivity index (χ0) is 22.3. The maximum absolute atomic E-state index is 10.3. The molecule has 2 fully saturated rings. The fraction of sp³-hybridized carbons (Fsp3) is 0.333. The van der Waals surface area contributed by atoms with Crippen LogP contribution in [0.5, 0.6) is 0 Å². The Balaban J connectivity index is 1.58. The van der Waals surface area contributed by atoms with E-state index in [2.05, 4.69) is 34.2 Å². The predicted octanol–water partition coefficient (Wildman–Crippen LogP) is 6.87. The fourth-order valence-electron chi connectivity index (χ4n) is 5.70. The molecule has 0 N–H and O–H groups in total. The first-order chi connectivity index (χ1) is 15.5. The second kappa shape index (κ2) is 8.52. The molecule has 0 saturated carbocycles. The van der Waals surface area contributed by atoms with Crippen LogP contribution < -0.4 is 0 Å². The second-order valence-corrected chi connectivity index (χ2v) is 9.92. The van der Waals surface area contributed by atoms with Gasteiger partial charge in [0.15, 0.2) is 0 Å². The van der Waals surface area contributed by atoms with Crippen molar-refractivity contribution in [3.8, 4) is 6.07 Å². The highest BCUT2D eigenvalue weighted by molar-refractivity contribution is 6.32. The van der Waals surface area contributed by atoms with Gasteiger partial charge in [0.05, 0.1) is 17.8 Å². The molecule has 3 nitrogen and oxygen atoms in total. The van der Waals surface area contributed by atoms with Gasteiger partial charge in [0.25, 0.3) is 0 Å². The van der Waals surface area contributed by atoms with E-state index < -0.39 is 5.41 Å². The number of halogens is 2. The van der Waals surface area contributed by atoms with Crippen LogP contribution in [0.25, 0.3) is 0 Å². The topological polar surface area (TPSA) is 39.9 Å². The molecule has 0 amide bonds. The minimum absolute atomic E-state index is 0.0439. The third-order valence-electron chi connectivity index (χ3n) is 7.16. The predicted molar refractivity (Wildman–Crippen MR) is 129 cm³/mol. The van der Waals surface area contributed by atoms with Gasteiger partial charge in [0.2, 0.25) is 0 Å². The van der Waals surface area contributed by atoms with Gasteiger partial charge in [0, 0.05) is 28.3 Å². The quantitative estimate of drug-likeness (QED) is 0.425. The van der Waals surface area contributed by atoms with Crippen LogP contribution in [-0.4, -0.2) is 22.0 Å². The van der Waals surface area contributed by atoms with E-state index in [0.29, 0.717) is 0 Å². The molecule has 3 aromatic rings. The Morgan fingerprint density at radius 2 is 1.50 bits per heavy atom. The molecule has 162 valence electrons. The molecule has 2 aliphatic rings. The molecule has 2 atom stereocenters. The summed E-state index contributed by atoms with van der Waals surface area (Å²) in [6.45, 7) is 2.03. The van der Waals surface area contributed by atoms with Crippen LogP contribution in [-0.2, 0) is 5.41 Å². The summed E-state index contributed by atoms with van der Waals surface area (Å²) in [5, 5.41) is 11.8. The summed E-state index contributed by atoms with van der Waals surface area (Å²) < 4.78 is 0. The summed E-state index contributed by atoms with van der Waals surface area (Å²) in [7, 11) is 0. The molecule has 2 unspecified atom stereocenters. The first-order valence-electron chi connectivity index (χ1n) is 11.1. The zero-order valence-corrected chi connectivity index (χ0v) is 19.5. The molecular weight excluding hydrogens is 437 g/mol. The molecule has 2 saturated heterocycles. The first kappa shape index (κ1) is 21.5. The summed E-state index contributed by atoms with van der Waals surface area (Å²) in [4.78, 5) is 7.25. The lowest BCUT2D eigenvalue weighted by Gasteiger charge is -2.47. The lowest BCUT2D eigenvalue weighted by Crippen LogP contribution is -2.51. The van der Waals surface area contributed by atoms with E-state index >= 15 is 0 Å². The number of piperidine rings is 1. The van der Waals surface area contributed by atoms with Crippen molar-refractivity contribution in [2.45, 2.75) is 56.1 Å². The third kappa shape index (κ3) is 3.61. The smallest absolute Gasteiger partial charge is 0.102 e. The molecule has 0 spiro atoms. The lowest BCUT2D eigenvalue weighted by molar-refractivity contribution is 0.0740. The van der Waals surface area contributed by atoms with E-state index in [1.807, 2.05) is 55.6 Å². The number of benzene rings is 2. The van der Waals surface area contributed by atoms with Gasteiger partial charge in [-0.2, -0.15) is 5.26 Å². The SMILES string of the molecule is Cc1ccc(C2(C#N)CC3CCC(C2)N3C(c2ccccc2Cl)c2ccccc2Cl)nc1. The van der Waals surface area contributed by atoms with Gasteiger partial charge in [-0.25, -0.2) is 0 Å². The summed E-state index contributed by atoms with van der Waals surface area (Å²) in [5.74, 6) is 0. The minimum Gasteiger partial charge on any atom is -0.286 e. The van der Waals surface area contributed by atoms with Gasteiger partial charge in [-0.1, -0.05) is 65.7 Å². The van der Waals surface area contributed by atoms with E-state index in [0.717, 1.165) is 58.1 Å². The van der Waals surface area contributed by atoms with Crippen LogP contribution in [0.4, 0.5) is 0 Å². The maximum atomic E-state index is 10.3. The molecule has 3 heterocycles. The van der Waals surface area contributed by atoms with Crippen molar-refractivity contribution in [3.63, 3.8) is 0 Å². The van der Waals surface area contributed by atoms with E-state index in [1.165, 1.54) is 0 Å². The average molecular weight is 462 g/mol. The maximum Gasteiger partial charge on any atom is 0.102 e. The van der Waals surface area contributed by atoms with Crippen LogP contribution in [0.3, 0.4) is 0 Å². The van der Waals surface area contributed by atoms with E-state index in [-0.39, 0.29) is 18.1 Å².